The number of para-hydroxylation sites is 1. The van der Waals surface area contributed by atoms with Crippen LogP contribution in [0.4, 0.5) is 0 Å². The molecule has 0 radical (unpaired) electrons. The third-order valence-electron chi connectivity index (χ3n) is 2.89. The number of allylic oxidation sites excluding steroid dienone is 1. The van der Waals surface area contributed by atoms with Gasteiger partial charge in [0.15, 0.2) is 0 Å². The zero-order valence-corrected chi connectivity index (χ0v) is 10.4. The molecule has 2 rings (SSSR count). The lowest BCUT2D eigenvalue weighted by Crippen LogP contribution is -1.96. The minimum atomic E-state index is -0.442. The molecule has 1 atom stereocenters. The maximum absolute atomic E-state index is 10.0. The predicted molar refractivity (Wildman–Crippen MR) is 72.6 cm³/mol. The van der Waals surface area contributed by atoms with Crippen LogP contribution in [0.25, 0.3) is 5.69 Å². The maximum Gasteiger partial charge on any atom is 0.0820 e. The quantitative estimate of drug-likeness (QED) is 0.623. The van der Waals surface area contributed by atoms with Gasteiger partial charge < -0.3 is 5.11 Å². The summed E-state index contributed by atoms with van der Waals surface area (Å²) < 4.78 is 1.78. The Kier molecular flexibility index (Phi) is 4.31. The minimum absolute atomic E-state index is 0.442. The van der Waals surface area contributed by atoms with E-state index in [4.69, 9.17) is 0 Å². The lowest BCUT2D eigenvalue weighted by molar-refractivity contribution is 0.165. The van der Waals surface area contributed by atoms with E-state index in [1.54, 1.807) is 10.9 Å². The van der Waals surface area contributed by atoms with Gasteiger partial charge in [-0.1, -0.05) is 24.3 Å². The SMILES string of the molecule is C=CCCCC(O)c1cnn(-c2ccccc2)c1. The van der Waals surface area contributed by atoms with Crippen molar-refractivity contribution in [3.63, 3.8) is 0 Å². The second-order valence-corrected chi connectivity index (χ2v) is 4.29. The van der Waals surface area contributed by atoms with Gasteiger partial charge in [0.05, 0.1) is 18.0 Å². The molecule has 1 aromatic heterocycles. The number of rotatable bonds is 6. The van der Waals surface area contributed by atoms with Gasteiger partial charge in [-0.05, 0) is 31.4 Å². The molecule has 1 unspecified atom stereocenters. The van der Waals surface area contributed by atoms with Crippen molar-refractivity contribution in [1.29, 1.82) is 0 Å². The second-order valence-electron chi connectivity index (χ2n) is 4.29. The fourth-order valence-corrected chi connectivity index (χ4v) is 1.85. The number of benzene rings is 1. The first-order chi connectivity index (χ1) is 8.81. The van der Waals surface area contributed by atoms with E-state index >= 15 is 0 Å². The normalized spacial score (nSPS) is 12.3. The summed E-state index contributed by atoms with van der Waals surface area (Å²) >= 11 is 0. The molecule has 18 heavy (non-hydrogen) atoms. The first kappa shape index (κ1) is 12.6. The summed E-state index contributed by atoms with van der Waals surface area (Å²) in [5.74, 6) is 0. The number of hydrogen-bond donors (Lipinski definition) is 1. The van der Waals surface area contributed by atoms with Crippen LogP contribution in [0, 0.1) is 0 Å². The third-order valence-corrected chi connectivity index (χ3v) is 2.89. The Morgan fingerprint density at radius 1 is 1.33 bits per heavy atom. The van der Waals surface area contributed by atoms with Gasteiger partial charge >= 0.3 is 0 Å². The molecular weight excluding hydrogens is 224 g/mol. The average Bonchev–Trinajstić information content (AvgIpc) is 2.89. The van der Waals surface area contributed by atoms with Crippen molar-refractivity contribution < 1.29 is 5.11 Å². The molecule has 1 N–H and O–H groups in total. The van der Waals surface area contributed by atoms with Crippen LogP contribution in [0.1, 0.15) is 30.9 Å². The van der Waals surface area contributed by atoms with Crippen molar-refractivity contribution in [2.75, 3.05) is 0 Å². The predicted octanol–water partition coefficient (Wildman–Crippen LogP) is 3.26. The Bertz CT molecular complexity index is 490. The number of hydrogen-bond acceptors (Lipinski definition) is 2. The van der Waals surface area contributed by atoms with Crippen molar-refractivity contribution in [3.8, 4) is 5.69 Å². The van der Waals surface area contributed by atoms with Crippen molar-refractivity contribution in [2.24, 2.45) is 0 Å². The van der Waals surface area contributed by atoms with Crippen molar-refractivity contribution in [3.05, 3.63) is 60.9 Å². The van der Waals surface area contributed by atoms with Crippen LogP contribution in [0.5, 0.6) is 0 Å². The zero-order valence-electron chi connectivity index (χ0n) is 10.4. The molecule has 0 spiro atoms. The molecular formula is C15H18N2O. The van der Waals surface area contributed by atoms with E-state index in [-0.39, 0.29) is 0 Å². The summed E-state index contributed by atoms with van der Waals surface area (Å²) in [5, 5.41) is 14.3. The molecule has 1 aromatic carbocycles. The first-order valence-electron chi connectivity index (χ1n) is 6.20. The summed E-state index contributed by atoms with van der Waals surface area (Å²) in [6.07, 6.45) is 7.67. The third kappa shape index (κ3) is 3.08. The van der Waals surface area contributed by atoms with Crippen LogP contribution in [0.3, 0.4) is 0 Å². The molecule has 1 heterocycles. The van der Waals surface area contributed by atoms with Gasteiger partial charge in [-0.15, -0.1) is 6.58 Å². The van der Waals surface area contributed by atoms with E-state index in [2.05, 4.69) is 11.7 Å². The number of aromatic nitrogens is 2. The summed E-state index contributed by atoms with van der Waals surface area (Å²) in [6, 6.07) is 9.88. The minimum Gasteiger partial charge on any atom is -0.388 e. The Morgan fingerprint density at radius 2 is 2.11 bits per heavy atom. The van der Waals surface area contributed by atoms with Crippen molar-refractivity contribution in [2.45, 2.75) is 25.4 Å². The van der Waals surface area contributed by atoms with Gasteiger partial charge in [0.2, 0.25) is 0 Å². The Labute approximate surface area is 107 Å². The molecule has 94 valence electrons. The summed E-state index contributed by atoms with van der Waals surface area (Å²) in [6.45, 7) is 3.68. The lowest BCUT2D eigenvalue weighted by Gasteiger charge is -2.06. The molecule has 0 saturated carbocycles. The Morgan fingerprint density at radius 3 is 2.83 bits per heavy atom. The van der Waals surface area contributed by atoms with Gasteiger partial charge in [-0.2, -0.15) is 5.10 Å². The highest BCUT2D eigenvalue weighted by Gasteiger charge is 2.09. The second kappa shape index (κ2) is 6.17. The topological polar surface area (TPSA) is 38.1 Å². The molecule has 0 aliphatic heterocycles. The largest absolute Gasteiger partial charge is 0.388 e. The van der Waals surface area contributed by atoms with E-state index in [1.807, 2.05) is 42.6 Å². The molecule has 0 aliphatic rings. The standard InChI is InChI=1S/C15H18N2O/c1-2-3-5-10-15(18)13-11-16-17(12-13)14-8-6-4-7-9-14/h2,4,6-9,11-12,15,18H,1,3,5,10H2. The van der Waals surface area contributed by atoms with E-state index in [9.17, 15) is 5.11 Å². The highest BCUT2D eigenvalue weighted by atomic mass is 16.3. The average molecular weight is 242 g/mol. The van der Waals surface area contributed by atoms with E-state index < -0.39 is 6.10 Å². The maximum atomic E-state index is 10.0. The van der Waals surface area contributed by atoms with E-state index in [1.165, 1.54) is 0 Å². The number of nitrogens with zero attached hydrogens (tertiary/aromatic N) is 2. The molecule has 0 fully saturated rings. The Balaban J connectivity index is 2.04. The Hall–Kier alpha value is -1.87. The molecule has 0 bridgehead atoms. The van der Waals surface area contributed by atoms with E-state index in [0.717, 1.165) is 30.5 Å². The van der Waals surface area contributed by atoms with Gasteiger partial charge in [0.1, 0.15) is 0 Å². The zero-order chi connectivity index (χ0) is 12.8. The molecule has 2 aromatic rings. The van der Waals surface area contributed by atoms with Crippen LogP contribution in [0.15, 0.2) is 55.4 Å². The summed E-state index contributed by atoms with van der Waals surface area (Å²) in [5.41, 5.74) is 1.87. The van der Waals surface area contributed by atoms with E-state index in [0.29, 0.717) is 0 Å². The summed E-state index contributed by atoms with van der Waals surface area (Å²) in [4.78, 5) is 0. The number of aliphatic hydroxyl groups excluding tert-OH is 1. The number of aliphatic hydroxyl groups is 1. The lowest BCUT2D eigenvalue weighted by atomic mass is 10.1. The van der Waals surface area contributed by atoms with Crippen molar-refractivity contribution in [1.82, 2.24) is 9.78 Å². The molecule has 0 amide bonds. The summed E-state index contributed by atoms with van der Waals surface area (Å²) in [7, 11) is 0. The monoisotopic (exact) mass is 242 g/mol. The van der Waals surface area contributed by atoms with Gasteiger partial charge in [-0.25, -0.2) is 4.68 Å². The molecule has 0 saturated heterocycles. The van der Waals surface area contributed by atoms with Crippen LogP contribution in [0.2, 0.25) is 0 Å². The molecule has 0 aliphatic carbocycles. The highest BCUT2D eigenvalue weighted by Crippen LogP contribution is 2.19. The highest BCUT2D eigenvalue weighted by molar-refractivity contribution is 5.31. The molecule has 3 heteroatoms. The number of unbranched alkanes of at least 4 members (excludes halogenated alkanes) is 1. The molecule has 3 nitrogen and oxygen atoms in total. The van der Waals surface area contributed by atoms with Gasteiger partial charge in [0, 0.05) is 11.8 Å². The van der Waals surface area contributed by atoms with Crippen molar-refractivity contribution >= 4 is 0 Å². The van der Waals surface area contributed by atoms with Gasteiger partial charge in [0.25, 0.3) is 0 Å². The smallest absolute Gasteiger partial charge is 0.0820 e. The van der Waals surface area contributed by atoms with Crippen LogP contribution in [-0.4, -0.2) is 14.9 Å². The van der Waals surface area contributed by atoms with Crippen LogP contribution in [-0.2, 0) is 0 Å². The fraction of sp³-hybridized carbons (Fsp3) is 0.267. The first-order valence-corrected chi connectivity index (χ1v) is 6.20. The van der Waals surface area contributed by atoms with Gasteiger partial charge in [-0.3, -0.25) is 0 Å². The van der Waals surface area contributed by atoms with Crippen LogP contribution >= 0.6 is 0 Å². The fourth-order valence-electron chi connectivity index (χ4n) is 1.85. The van der Waals surface area contributed by atoms with Crippen LogP contribution < -0.4 is 0 Å².